The SMILES string of the molecule is CC(C)[C@@H](NC(=O)c1ccc(=O)n(-c2ccc(F)cc2)n1)C(=O)O. The molecule has 1 atom stereocenters. The summed E-state index contributed by atoms with van der Waals surface area (Å²) in [5.74, 6) is -2.67. The lowest BCUT2D eigenvalue weighted by Gasteiger charge is -2.17. The van der Waals surface area contributed by atoms with Crippen molar-refractivity contribution < 1.29 is 19.1 Å². The Balaban J connectivity index is 2.33. The summed E-state index contributed by atoms with van der Waals surface area (Å²) in [5, 5.41) is 15.4. The van der Waals surface area contributed by atoms with Crippen LogP contribution in [0.2, 0.25) is 0 Å². The number of hydrogen-bond donors (Lipinski definition) is 2. The molecule has 1 aromatic carbocycles. The Hall–Kier alpha value is -3.03. The van der Waals surface area contributed by atoms with E-state index in [1.807, 2.05) is 0 Å². The number of carboxylic acid groups (broad SMARTS) is 1. The van der Waals surface area contributed by atoms with Crippen molar-refractivity contribution in [3.05, 3.63) is 58.3 Å². The first-order chi connectivity index (χ1) is 11.3. The zero-order valence-electron chi connectivity index (χ0n) is 13.1. The van der Waals surface area contributed by atoms with Gasteiger partial charge in [0.25, 0.3) is 11.5 Å². The summed E-state index contributed by atoms with van der Waals surface area (Å²) in [5.41, 5.74) is -0.336. The molecule has 0 saturated heterocycles. The topological polar surface area (TPSA) is 101 Å². The number of aromatic nitrogens is 2. The van der Waals surface area contributed by atoms with E-state index in [1.165, 1.54) is 18.2 Å². The number of carbonyl (C=O) groups is 2. The van der Waals surface area contributed by atoms with Gasteiger partial charge in [-0.3, -0.25) is 9.59 Å². The Labute approximate surface area is 136 Å². The van der Waals surface area contributed by atoms with Gasteiger partial charge < -0.3 is 10.4 Å². The van der Waals surface area contributed by atoms with Crippen LogP contribution < -0.4 is 10.9 Å². The van der Waals surface area contributed by atoms with Crippen LogP contribution in [-0.2, 0) is 4.79 Å². The summed E-state index contributed by atoms with van der Waals surface area (Å²) in [6, 6.07) is 6.28. The zero-order chi connectivity index (χ0) is 17.9. The number of rotatable bonds is 5. The summed E-state index contributed by atoms with van der Waals surface area (Å²) in [7, 11) is 0. The average molecular weight is 333 g/mol. The predicted octanol–water partition coefficient (Wildman–Crippen LogP) is 1.21. The third-order valence-electron chi connectivity index (χ3n) is 3.32. The molecule has 0 aliphatic heterocycles. The lowest BCUT2D eigenvalue weighted by atomic mass is 10.0. The second kappa shape index (κ2) is 7.03. The van der Waals surface area contributed by atoms with Gasteiger partial charge in [-0.1, -0.05) is 13.8 Å². The first kappa shape index (κ1) is 17.3. The van der Waals surface area contributed by atoms with Gasteiger partial charge >= 0.3 is 5.97 Å². The fraction of sp³-hybridized carbons (Fsp3) is 0.250. The maximum absolute atomic E-state index is 13.0. The molecule has 0 saturated carbocycles. The first-order valence-corrected chi connectivity index (χ1v) is 7.19. The van der Waals surface area contributed by atoms with Crippen molar-refractivity contribution in [1.29, 1.82) is 0 Å². The third kappa shape index (κ3) is 3.83. The molecule has 1 aromatic heterocycles. The van der Waals surface area contributed by atoms with Gasteiger partial charge in [0.2, 0.25) is 0 Å². The molecule has 0 bridgehead atoms. The van der Waals surface area contributed by atoms with Crippen LogP contribution in [0.25, 0.3) is 5.69 Å². The highest BCUT2D eigenvalue weighted by Crippen LogP contribution is 2.07. The van der Waals surface area contributed by atoms with Gasteiger partial charge in [-0.15, -0.1) is 0 Å². The van der Waals surface area contributed by atoms with Crippen LogP contribution in [0.15, 0.2) is 41.2 Å². The molecule has 7 nitrogen and oxygen atoms in total. The van der Waals surface area contributed by atoms with Gasteiger partial charge in [0.15, 0.2) is 0 Å². The smallest absolute Gasteiger partial charge is 0.326 e. The number of carboxylic acids is 1. The number of amides is 1. The number of halogens is 1. The van der Waals surface area contributed by atoms with Gasteiger partial charge in [0, 0.05) is 6.07 Å². The van der Waals surface area contributed by atoms with Crippen LogP contribution in [0.3, 0.4) is 0 Å². The fourth-order valence-electron chi connectivity index (χ4n) is 2.03. The molecule has 8 heteroatoms. The average Bonchev–Trinajstić information content (AvgIpc) is 2.53. The van der Waals surface area contributed by atoms with Crippen molar-refractivity contribution >= 4 is 11.9 Å². The highest BCUT2D eigenvalue weighted by molar-refractivity contribution is 5.94. The summed E-state index contributed by atoms with van der Waals surface area (Å²) in [4.78, 5) is 35.3. The Morgan fingerprint density at radius 3 is 2.33 bits per heavy atom. The van der Waals surface area contributed by atoms with E-state index in [9.17, 15) is 18.8 Å². The van der Waals surface area contributed by atoms with Gasteiger partial charge in [-0.25, -0.2) is 9.18 Å². The van der Waals surface area contributed by atoms with Gasteiger partial charge in [-0.05, 0) is 36.2 Å². The Kier molecular flexibility index (Phi) is 5.08. The molecule has 24 heavy (non-hydrogen) atoms. The fourth-order valence-corrected chi connectivity index (χ4v) is 2.03. The van der Waals surface area contributed by atoms with E-state index in [0.717, 1.165) is 22.9 Å². The van der Waals surface area contributed by atoms with E-state index in [4.69, 9.17) is 5.11 Å². The molecule has 0 unspecified atom stereocenters. The van der Waals surface area contributed by atoms with E-state index >= 15 is 0 Å². The van der Waals surface area contributed by atoms with Crippen LogP contribution in [-0.4, -0.2) is 32.8 Å². The second-order valence-corrected chi connectivity index (χ2v) is 5.48. The standard InChI is InChI=1S/C16H16FN3O4/c1-9(2)14(16(23)24)18-15(22)12-7-8-13(21)20(19-12)11-5-3-10(17)4-6-11/h3-9,14H,1-2H3,(H,18,22)(H,23,24)/t14-/m1/s1. The van der Waals surface area contributed by atoms with Gasteiger partial charge in [0.1, 0.15) is 17.6 Å². The highest BCUT2D eigenvalue weighted by atomic mass is 19.1. The Morgan fingerprint density at radius 1 is 1.17 bits per heavy atom. The number of nitrogens with zero attached hydrogens (tertiary/aromatic N) is 2. The summed E-state index contributed by atoms with van der Waals surface area (Å²) in [6.45, 7) is 3.32. The Bertz CT molecular complexity index is 815. The van der Waals surface area contributed by atoms with Crippen molar-refractivity contribution in [3.63, 3.8) is 0 Å². The van der Waals surface area contributed by atoms with Crippen LogP contribution in [0.4, 0.5) is 4.39 Å². The van der Waals surface area contributed by atoms with E-state index in [1.54, 1.807) is 13.8 Å². The third-order valence-corrected chi connectivity index (χ3v) is 3.32. The monoisotopic (exact) mass is 333 g/mol. The largest absolute Gasteiger partial charge is 0.480 e. The minimum Gasteiger partial charge on any atom is -0.480 e. The zero-order valence-corrected chi connectivity index (χ0v) is 13.1. The van der Waals surface area contributed by atoms with Crippen LogP contribution >= 0.6 is 0 Å². The van der Waals surface area contributed by atoms with Crippen molar-refractivity contribution in [1.82, 2.24) is 15.1 Å². The van der Waals surface area contributed by atoms with E-state index in [0.29, 0.717) is 0 Å². The van der Waals surface area contributed by atoms with Crippen LogP contribution in [0.1, 0.15) is 24.3 Å². The molecular formula is C16H16FN3O4. The summed E-state index contributed by atoms with van der Waals surface area (Å²) in [6.07, 6.45) is 0. The number of carbonyl (C=O) groups excluding carboxylic acids is 1. The minimum atomic E-state index is -1.16. The summed E-state index contributed by atoms with van der Waals surface area (Å²) < 4.78 is 13.9. The molecule has 0 aliphatic carbocycles. The van der Waals surface area contributed by atoms with Crippen LogP contribution in [0.5, 0.6) is 0 Å². The number of hydrogen-bond acceptors (Lipinski definition) is 4. The van der Waals surface area contributed by atoms with Gasteiger partial charge in [-0.2, -0.15) is 9.78 Å². The maximum atomic E-state index is 13.0. The molecule has 0 fully saturated rings. The molecule has 126 valence electrons. The highest BCUT2D eigenvalue weighted by Gasteiger charge is 2.24. The van der Waals surface area contributed by atoms with Crippen molar-refractivity contribution in [3.8, 4) is 5.69 Å². The van der Waals surface area contributed by atoms with Gasteiger partial charge in [0.05, 0.1) is 5.69 Å². The number of benzene rings is 1. The predicted molar refractivity (Wildman–Crippen MR) is 83.5 cm³/mol. The lowest BCUT2D eigenvalue weighted by Crippen LogP contribution is -2.45. The number of aliphatic carboxylic acids is 1. The molecule has 2 rings (SSSR count). The molecule has 2 aromatic rings. The van der Waals surface area contributed by atoms with Crippen molar-refractivity contribution in [2.24, 2.45) is 5.92 Å². The van der Waals surface area contributed by atoms with Crippen molar-refractivity contribution in [2.75, 3.05) is 0 Å². The Morgan fingerprint density at radius 2 is 1.79 bits per heavy atom. The maximum Gasteiger partial charge on any atom is 0.326 e. The normalized spacial score (nSPS) is 12.0. The first-order valence-electron chi connectivity index (χ1n) is 7.19. The molecule has 0 aliphatic rings. The quantitative estimate of drug-likeness (QED) is 0.856. The van der Waals surface area contributed by atoms with Crippen molar-refractivity contribution in [2.45, 2.75) is 19.9 Å². The molecule has 0 spiro atoms. The summed E-state index contributed by atoms with van der Waals surface area (Å²) >= 11 is 0. The molecular weight excluding hydrogens is 317 g/mol. The minimum absolute atomic E-state index is 0.120. The number of nitrogens with one attached hydrogen (secondary N) is 1. The second-order valence-electron chi connectivity index (χ2n) is 5.48. The van der Waals surface area contributed by atoms with Crippen LogP contribution in [0, 0.1) is 11.7 Å². The lowest BCUT2D eigenvalue weighted by molar-refractivity contribution is -0.140. The molecule has 0 radical (unpaired) electrons. The molecule has 2 N–H and O–H groups in total. The molecule has 1 heterocycles. The van der Waals surface area contributed by atoms with E-state index < -0.39 is 29.3 Å². The van der Waals surface area contributed by atoms with E-state index in [-0.39, 0.29) is 17.3 Å². The van der Waals surface area contributed by atoms with E-state index in [2.05, 4.69) is 10.4 Å². The molecule has 1 amide bonds.